The fraction of sp³-hybridized carbons (Fsp3) is 0.300. The van der Waals surface area contributed by atoms with Crippen LogP contribution < -0.4 is 18.7 Å². The van der Waals surface area contributed by atoms with Gasteiger partial charge in [0.15, 0.2) is 11.5 Å². The number of fused-ring (bicyclic) bond motifs is 1. The minimum absolute atomic E-state index is 0.0582. The lowest BCUT2D eigenvalue weighted by atomic mass is 10.2. The molecule has 1 amide bonds. The third kappa shape index (κ3) is 4.19. The van der Waals surface area contributed by atoms with E-state index in [0.29, 0.717) is 22.5 Å². The Labute approximate surface area is 177 Å². The van der Waals surface area contributed by atoms with Crippen LogP contribution in [0, 0.1) is 0 Å². The Kier molecular flexibility index (Phi) is 6.47. The molecule has 0 saturated carbocycles. The summed E-state index contributed by atoms with van der Waals surface area (Å²) >= 11 is 0.839. The van der Waals surface area contributed by atoms with E-state index in [4.69, 9.17) is 13.9 Å². The molecule has 0 bridgehead atoms. The van der Waals surface area contributed by atoms with Crippen molar-refractivity contribution in [1.82, 2.24) is 0 Å². The van der Waals surface area contributed by atoms with Crippen LogP contribution in [-0.2, 0) is 14.8 Å². The molecule has 0 atom stereocenters. The third-order valence-corrected chi connectivity index (χ3v) is 6.95. The second kappa shape index (κ2) is 8.88. The molecular formula is C20H21NO7S2. The van der Waals surface area contributed by atoms with Gasteiger partial charge in [-0.3, -0.25) is 4.79 Å². The number of nitrogens with zero attached hydrogens (tertiary/aromatic N) is 1. The zero-order chi connectivity index (χ0) is 21.9. The highest BCUT2D eigenvalue weighted by atomic mass is 32.2. The van der Waals surface area contributed by atoms with Crippen molar-refractivity contribution in [3.63, 3.8) is 0 Å². The molecule has 0 radical (unpaired) electrons. The van der Waals surface area contributed by atoms with Crippen molar-refractivity contribution in [3.05, 3.63) is 46.1 Å². The number of carbonyl (C=O) groups excluding carboxylic acids is 1. The lowest BCUT2D eigenvalue weighted by molar-refractivity contribution is -0.117. The smallest absolute Gasteiger partial charge is 0.396 e. The van der Waals surface area contributed by atoms with Gasteiger partial charge in [-0.2, -0.15) is 0 Å². The van der Waals surface area contributed by atoms with Gasteiger partial charge in [0.1, 0.15) is 5.58 Å². The summed E-state index contributed by atoms with van der Waals surface area (Å²) in [5, 5.41) is 0. The van der Waals surface area contributed by atoms with Crippen LogP contribution in [0.15, 0.2) is 50.5 Å². The van der Waals surface area contributed by atoms with Crippen LogP contribution >= 0.6 is 11.3 Å². The maximum absolute atomic E-state index is 13.5. The molecule has 0 aliphatic carbocycles. The van der Waals surface area contributed by atoms with Crippen LogP contribution in [-0.4, -0.2) is 28.5 Å². The molecule has 1 heterocycles. The summed E-state index contributed by atoms with van der Waals surface area (Å²) in [5.41, 5.74) is 0.466. The van der Waals surface area contributed by atoms with E-state index in [2.05, 4.69) is 0 Å². The molecule has 1 aromatic heterocycles. The zero-order valence-corrected chi connectivity index (χ0v) is 18.3. The van der Waals surface area contributed by atoms with Gasteiger partial charge >= 0.3 is 4.94 Å². The zero-order valence-electron chi connectivity index (χ0n) is 16.7. The van der Waals surface area contributed by atoms with Gasteiger partial charge in [0.2, 0.25) is 5.91 Å². The molecule has 2 aromatic carbocycles. The van der Waals surface area contributed by atoms with Crippen LogP contribution in [0.2, 0.25) is 0 Å². The van der Waals surface area contributed by atoms with Gasteiger partial charge in [0.05, 0.1) is 29.5 Å². The highest BCUT2D eigenvalue weighted by molar-refractivity contribution is 7.93. The molecule has 3 rings (SSSR count). The van der Waals surface area contributed by atoms with Crippen molar-refractivity contribution in [2.24, 2.45) is 0 Å². The van der Waals surface area contributed by atoms with Crippen LogP contribution in [0.1, 0.15) is 26.2 Å². The Morgan fingerprint density at radius 1 is 1.10 bits per heavy atom. The number of benzene rings is 2. The number of unbranched alkanes of at least 4 members (excludes halogenated alkanes) is 1. The molecule has 30 heavy (non-hydrogen) atoms. The summed E-state index contributed by atoms with van der Waals surface area (Å²) < 4.78 is 43.6. The van der Waals surface area contributed by atoms with Gasteiger partial charge < -0.3 is 13.9 Å². The largest absolute Gasteiger partial charge is 0.493 e. The molecule has 0 N–H and O–H groups in total. The van der Waals surface area contributed by atoms with E-state index in [1.54, 1.807) is 0 Å². The topological polar surface area (TPSA) is 103 Å². The predicted octanol–water partition coefficient (Wildman–Crippen LogP) is 3.78. The standard InChI is InChI=1S/C20H21NO7S2/c1-4-5-6-19(22)21(13-7-9-16-18(11-13)29-20(23)28-16)30(24,25)14-8-10-15(26-2)17(12-14)27-3/h7-12H,4-6H2,1-3H3. The number of anilines is 1. The first kappa shape index (κ1) is 21.8. The summed E-state index contributed by atoms with van der Waals surface area (Å²) in [5.74, 6) is 0.0229. The van der Waals surface area contributed by atoms with Crippen molar-refractivity contribution >= 4 is 43.2 Å². The summed E-state index contributed by atoms with van der Waals surface area (Å²) in [6.07, 6.45) is 1.33. The van der Waals surface area contributed by atoms with Crippen LogP contribution in [0.25, 0.3) is 10.3 Å². The van der Waals surface area contributed by atoms with Crippen LogP contribution in [0.5, 0.6) is 11.5 Å². The first-order chi connectivity index (χ1) is 14.3. The predicted molar refractivity (Wildman–Crippen MR) is 114 cm³/mol. The lowest BCUT2D eigenvalue weighted by Crippen LogP contribution is -2.36. The van der Waals surface area contributed by atoms with Gasteiger partial charge in [-0.25, -0.2) is 17.5 Å². The maximum Gasteiger partial charge on any atom is 0.396 e. The normalized spacial score (nSPS) is 11.4. The van der Waals surface area contributed by atoms with Gasteiger partial charge in [-0.15, -0.1) is 0 Å². The molecule has 0 unspecified atom stereocenters. The lowest BCUT2D eigenvalue weighted by Gasteiger charge is -2.23. The Morgan fingerprint density at radius 3 is 2.50 bits per heavy atom. The van der Waals surface area contributed by atoms with E-state index < -0.39 is 20.9 Å². The molecule has 3 aromatic rings. The molecule has 0 spiro atoms. The molecule has 8 nitrogen and oxygen atoms in total. The van der Waals surface area contributed by atoms with Crippen molar-refractivity contribution in [2.75, 3.05) is 18.5 Å². The number of ether oxygens (including phenoxy) is 2. The summed E-state index contributed by atoms with van der Waals surface area (Å²) in [6, 6.07) is 8.51. The Balaban J connectivity index is 2.15. The number of hydrogen-bond acceptors (Lipinski definition) is 8. The van der Waals surface area contributed by atoms with Gasteiger partial charge in [0.25, 0.3) is 10.0 Å². The van der Waals surface area contributed by atoms with Crippen molar-refractivity contribution in [2.45, 2.75) is 31.1 Å². The highest BCUT2D eigenvalue weighted by Gasteiger charge is 2.32. The number of amides is 1. The average molecular weight is 452 g/mol. The number of hydrogen-bond donors (Lipinski definition) is 0. The van der Waals surface area contributed by atoms with Gasteiger partial charge in [0, 0.05) is 12.5 Å². The quantitative estimate of drug-likeness (QED) is 0.513. The minimum atomic E-state index is -4.26. The molecule has 0 aliphatic heterocycles. The molecule has 10 heteroatoms. The van der Waals surface area contributed by atoms with E-state index >= 15 is 0 Å². The summed E-state index contributed by atoms with van der Waals surface area (Å²) in [7, 11) is -1.42. The second-order valence-corrected chi connectivity index (χ2v) is 9.13. The van der Waals surface area contributed by atoms with E-state index in [1.165, 1.54) is 50.6 Å². The number of sulfonamides is 1. The average Bonchev–Trinajstić information content (AvgIpc) is 3.10. The van der Waals surface area contributed by atoms with Crippen LogP contribution in [0.3, 0.4) is 0 Å². The number of carbonyl (C=O) groups is 1. The van der Waals surface area contributed by atoms with Crippen molar-refractivity contribution < 1.29 is 27.1 Å². The fourth-order valence-electron chi connectivity index (χ4n) is 2.92. The monoisotopic (exact) mass is 451 g/mol. The summed E-state index contributed by atoms with van der Waals surface area (Å²) in [6.45, 7) is 1.91. The molecule has 160 valence electrons. The maximum atomic E-state index is 13.5. The Hall–Kier alpha value is -2.85. The Morgan fingerprint density at radius 2 is 1.83 bits per heavy atom. The first-order valence-corrected chi connectivity index (χ1v) is 11.4. The first-order valence-electron chi connectivity index (χ1n) is 9.15. The molecule has 0 saturated heterocycles. The number of rotatable bonds is 8. The van der Waals surface area contributed by atoms with E-state index in [-0.39, 0.29) is 22.8 Å². The summed E-state index contributed by atoms with van der Waals surface area (Å²) in [4.78, 5) is 23.8. The Bertz CT molecular complexity index is 1230. The SMILES string of the molecule is CCCCC(=O)N(c1ccc2oc(=O)sc2c1)S(=O)(=O)c1ccc(OC)c(OC)c1. The van der Waals surface area contributed by atoms with Crippen molar-refractivity contribution in [1.29, 1.82) is 0 Å². The third-order valence-electron chi connectivity index (χ3n) is 4.41. The van der Waals surface area contributed by atoms with Gasteiger partial charge in [-0.1, -0.05) is 24.7 Å². The van der Waals surface area contributed by atoms with E-state index in [0.717, 1.165) is 22.1 Å². The fourth-order valence-corrected chi connectivity index (χ4v) is 5.07. The minimum Gasteiger partial charge on any atom is -0.493 e. The molecular weight excluding hydrogens is 430 g/mol. The molecule has 0 fully saturated rings. The molecule has 0 aliphatic rings. The van der Waals surface area contributed by atoms with E-state index in [1.807, 2.05) is 6.92 Å². The van der Waals surface area contributed by atoms with Gasteiger partial charge in [-0.05, 0) is 36.8 Å². The highest BCUT2D eigenvalue weighted by Crippen LogP contribution is 2.34. The van der Waals surface area contributed by atoms with Crippen molar-refractivity contribution in [3.8, 4) is 11.5 Å². The second-order valence-electron chi connectivity index (χ2n) is 6.37. The van der Waals surface area contributed by atoms with E-state index in [9.17, 15) is 18.0 Å². The van der Waals surface area contributed by atoms with Crippen LogP contribution in [0.4, 0.5) is 5.69 Å². The number of methoxy groups -OCH3 is 2.